The quantitative estimate of drug-likeness (QED) is 0.834. The van der Waals surface area contributed by atoms with E-state index in [1.165, 1.54) is 0 Å². The van der Waals surface area contributed by atoms with Crippen molar-refractivity contribution in [1.82, 2.24) is 5.32 Å². The highest BCUT2D eigenvalue weighted by atomic mass is 35.5. The van der Waals surface area contributed by atoms with E-state index in [0.717, 1.165) is 5.56 Å². The molecule has 0 unspecified atom stereocenters. The van der Waals surface area contributed by atoms with Gasteiger partial charge in [0.1, 0.15) is 0 Å². The zero-order chi connectivity index (χ0) is 14.5. The fourth-order valence-corrected chi connectivity index (χ4v) is 2.28. The number of para-hydroxylation sites is 1. The number of hydrogen-bond acceptors (Lipinski definition) is 1. The molecule has 0 fully saturated rings. The Morgan fingerprint density at radius 2 is 1.60 bits per heavy atom. The van der Waals surface area contributed by atoms with Gasteiger partial charge in [0.2, 0.25) is 0 Å². The molecule has 0 bridgehead atoms. The Morgan fingerprint density at radius 3 is 2.20 bits per heavy atom. The Balaban J connectivity index is 2.03. The van der Waals surface area contributed by atoms with Gasteiger partial charge in [-0.2, -0.15) is 0 Å². The van der Waals surface area contributed by atoms with Crippen molar-refractivity contribution in [1.29, 1.82) is 0 Å². The molecular weight excluding hydrogens is 295 g/mol. The molecule has 0 aliphatic heterocycles. The molecule has 0 aromatic heterocycles. The summed E-state index contributed by atoms with van der Waals surface area (Å²) in [5.41, 5.74) is 1.43. The highest BCUT2D eigenvalue weighted by Gasteiger charge is 2.12. The zero-order valence-corrected chi connectivity index (χ0v) is 12.4. The van der Waals surface area contributed by atoms with Crippen LogP contribution in [0, 0.1) is 0 Å². The Morgan fingerprint density at radius 1 is 1.00 bits per heavy atom. The van der Waals surface area contributed by atoms with Crippen LogP contribution in [-0.2, 0) is 0 Å². The van der Waals surface area contributed by atoms with Crippen LogP contribution in [0.2, 0.25) is 10.0 Å². The molecule has 2 rings (SSSR count). The molecule has 2 amide bonds. The van der Waals surface area contributed by atoms with Crippen molar-refractivity contribution < 1.29 is 4.79 Å². The molecule has 0 aliphatic carbocycles. The molecule has 0 saturated carbocycles. The van der Waals surface area contributed by atoms with Crippen molar-refractivity contribution in [2.24, 2.45) is 0 Å². The topological polar surface area (TPSA) is 41.1 Å². The molecular formula is C15H14Cl2N2O. The Bertz CT molecular complexity index is 582. The number of nitrogens with one attached hydrogen (secondary N) is 2. The van der Waals surface area contributed by atoms with E-state index in [4.69, 9.17) is 23.2 Å². The van der Waals surface area contributed by atoms with Gasteiger partial charge in [0, 0.05) is 0 Å². The number of anilines is 1. The normalized spacial score (nSPS) is 11.8. The molecule has 2 N–H and O–H groups in total. The second kappa shape index (κ2) is 6.64. The van der Waals surface area contributed by atoms with Crippen LogP contribution in [0.15, 0.2) is 48.5 Å². The fourth-order valence-electron chi connectivity index (χ4n) is 1.79. The minimum absolute atomic E-state index is 0.113. The van der Waals surface area contributed by atoms with Gasteiger partial charge >= 0.3 is 6.03 Å². The lowest BCUT2D eigenvalue weighted by Crippen LogP contribution is -2.31. The number of carbonyl (C=O) groups is 1. The van der Waals surface area contributed by atoms with Crippen LogP contribution in [0.25, 0.3) is 0 Å². The lowest BCUT2D eigenvalue weighted by Gasteiger charge is -2.16. The highest BCUT2D eigenvalue weighted by Crippen LogP contribution is 2.29. The summed E-state index contributed by atoms with van der Waals surface area (Å²) in [6, 6.07) is 14.3. The Hall–Kier alpha value is -1.71. The van der Waals surface area contributed by atoms with Gasteiger partial charge in [-0.15, -0.1) is 0 Å². The van der Waals surface area contributed by atoms with E-state index in [9.17, 15) is 4.79 Å². The van der Waals surface area contributed by atoms with E-state index < -0.39 is 0 Å². The van der Waals surface area contributed by atoms with Crippen LogP contribution in [0.1, 0.15) is 18.5 Å². The second-order valence-electron chi connectivity index (χ2n) is 4.33. The summed E-state index contributed by atoms with van der Waals surface area (Å²) in [6.45, 7) is 1.91. The highest BCUT2D eigenvalue weighted by molar-refractivity contribution is 6.39. The average molecular weight is 309 g/mol. The monoisotopic (exact) mass is 308 g/mol. The zero-order valence-electron chi connectivity index (χ0n) is 10.9. The van der Waals surface area contributed by atoms with Gasteiger partial charge in [-0.3, -0.25) is 0 Å². The van der Waals surface area contributed by atoms with Crippen molar-refractivity contribution in [3.8, 4) is 0 Å². The fraction of sp³-hybridized carbons (Fsp3) is 0.133. The number of halogens is 2. The maximum atomic E-state index is 12.0. The van der Waals surface area contributed by atoms with E-state index in [1.54, 1.807) is 18.2 Å². The predicted octanol–water partition coefficient (Wildman–Crippen LogP) is 4.88. The minimum atomic E-state index is -0.351. The third-order valence-corrected chi connectivity index (χ3v) is 3.48. The maximum absolute atomic E-state index is 12.0. The molecule has 20 heavy (non-hydrogen) atoms. The summed E-state index contributed by atoms with van der Waals surface area (Å²) >= 11 is 12.0. The summed E-state index contributed by atoms with van der Waals surface area (Å²) in [7, 11) is 0. The van der Waals surface area contributed by atoms with Crippen LogP contribution < -0.4 is 10.6 Å². The largest absolute Gasteiger partial charge is 0.331 e. The molecule has 2 aromatic carbocycles. The van der Waals surface area contributed by atoms with Crippen LogP contribution in [0.5, 0.6) is 0 Å². The summed E-state index contributed by atoms with van der Waals surface area (Å²) in [5.74, 6) is 0. The first-order valence-electron chi connectivity index (χ1n) is 6.14. The third kappa shape index (κ3) is 3.65. The lowest BCUT2D eigenvalue weighted by molar-refractivity contribution is 0.249. The van der Waals surface area contributed by atoms with Gasteiger partial charge < -0.3 is 10.6 Å². The number of urea groups is 1. The van der Waals surface area contributed by atoms with Gasteiger partial charge in [-0.05, 0) is 24.6 Å². The Kier molecular flexibility index (Phi) is 4.88. The van der Waals surface area contributed by atoms with Crippen LogP contribution in [0.4, 0.5) is 10.5 Å². The van der Waals surface area contributed by atoms with E-state index in [1.807, 2.05) is 37.3 Å². The molecule has 0 heterocycles. The summed E-state index contributed by atoms with van der Waals surface area (Å²) in [4.78, 5) is 12.0. The van der Waals surface area contributed by atoms with Gasteiger partial charge in [0.05, 0.1) is 21.8 Å². The summed E-state index contributed by atoms with van der Waals surface area (Å²) in [6.07, 6.45) is 0. The standard InChI is InChI=1S/C15H14Cl2N2O/c1-10(11-6-3-2-4-7-11)18-15(20)19-14-12(16)8-5-9-13(14)17/h2-10H,1H3,(H2,18,19,20)/t10-/m0/s1. The maximum Gasteiger partial charge on any atom is 0.319 e. The van der Waals surface area contributed by atoms with E-state index in [-0.39, 0.29) is 12.1 Å². The van der Waals surface area contributed by atoms with Crippen molar-refractivity contribution in [3.63, 3.8) is 0 Å². The molecule has 104 valence electrons. The van der Waals surface area contributed by atoms with Gasteiger partial charge in [-0.25, -0.2) is 4.79 Å². The first-order valence-corrected chi connectivity index (χ1v) is 6.90. The summed E-state index contributed by atoms with van der Waals surface area (Å²) in [5, 5.41) is 6.30. The number of amides is 2. The number of carbonyl (C=O) groups excluding carboxylic acids is 1. The minimum Gasteiger partial charge on any atom is -0.331 e. The van der Waals surface area contributed by atoms with Crippen molar-refractivity contribution >= 4 is 34.9 Å². The molecule has 0 aliphatic rings. The van der Waals surface area contributed by atoms with Gasteiger partial charge in [-0.1, -0.05) is 59.6 Å². The summed E-state index contributed by atoms with van der Waals surface area (Å²) < 4.78 is 0. The van der Waals surface area contributed by atoms with Gasteiger partial charge in [0.15, 0.2) is 0 Å². The second-order valence-corrected chi connectivity index (χ2v) is 5.14. The molecule has 0 spiro atoms. The Labute approximate surface area is 127 Å². The smallest absolute Gasteiger partial charge is 0.319 e. The number of benzene rings is 2. The van der Waals surface area contributed by atoms with Crippen molar-refractivity contribution in [2.45, 2.75) is 13.0 Å². The molecule has 0 saturated heterocycles. The van der Waals surface area contributed by atoms with E-state index in [2.05, 4.69) is 10.6 Å². The van der Waals surface area contributed by atoms with E-state index >= 15 is 0 Å². The van der Waals surface area contributed by atoms with E-state index in [0.29, 0.717) is 15.7 Å². The number of hydrogen-bond donors (Lipinski definition) is 2. The predicted molar refractivity (Wildman–Crippen MR) is 83.5 cm³/mol. The number of rotatable bonds is 3. The van der Waals surface area contributed by atoms with Crippen LogP contribution >= 0.6 is 23.2 Å². The average Bonchev–Trinajstić information content (AvgIpc) is 2.44. The van der Waals surface area contributed by atoms with Gasteiger partial charge in [0.25, 0.3) is 0 Å². The lowest BCUT2D eigenvalue weighted by atomic mass is 10.1. The van der Waals surface area contributed by atoms with Crippen LogP contribution in [0.3, 0.4) is 0 Å². The SMILES string of the molecule is C[C@H](NC(=O)Nc1c(Cl)cccc1Cl)c1ccccc1. The first kappa shape index (κ1) is 14.7. The molecule has 3 nitrogen and oxygen atoms in total. The third-order valence-electron chi connectivity index (χ3n) is 2.85. The molecule has 5 heteroatoms. The molecule has 1 atom stereocenters. The molecule has 2 aromatic rings. The van der Waals surface area contributed by atoms with Crippen molar-refractivity contribution in [3.05, 3.63) is 64.1 Å². The first-order chi connectivity index (χ1) is 9.58. The van der Waals surface area contributed by atoms with Crippen molar-refractivity contribution in [2.75, 3.05) is 5.32 Å². The van der Waals surface area contributed by atoms with Crippen LogP contribution in [-0.4, -0.2) is 6.03 Å². The molecule has 0 radical (unpaired) electrons.